The Balaban J connectivity index is 2.25. The molecular formula is C18H22ClN3O3. The number of carbonyl (C=O) groups excluding carboxylic acids is 1. The van der Waals surface area contributed by atoms with E-state index in [-0.39, 0.29) is 12.5 Å². The van der Waals surface area contributed by atoms with E-state index >= 15 is 0 Å². The molecule has 0 aliphatic carbocycles. The lowest BCUT2D eigenvalue weighted by atomic mass is 10.1. The molecule has 0 fully saturated rings. The number of carboxylic acids is 1. The molecule has 0 spiro atoms. The van der Waals surface area contributed by atoms with Crippen LogP contribution in [0.3, 0.4) is 0 Å². The molecule has 1 aromatic heterocycles. The maximum absolute atomic E-state index is 12.7. The van der Waals surface area contributed by atoms with Crippen molar-refractivity contribution in [1.82, 2.24) is 14.7 Å². The molecule has 0 saturated heterocycles. The molecule has 2 rings (SSSR count). The molecule has 0 saturated carbocycles. The van der Waals surface area contributed by atoms with Gasteiger partial charge in [-0.15, -0.1) is 0 Å². The predicted molar refractivity (Wildman–Crippen MR) is 96.0 cm³/mol. The average molecular weight is 364 g/mol. The lowest BCUT2D eigenvalue weighted by molar-refractivity contribution is -0.141. The first-order valence-electron chi connectivity index (χ1n) is 7.98. The van der Waals surface area contributed by atoms with Crippen molar-refractivity contribution in [3.05, 3.63) is 51.8 Å². The summed E-state index contributed by atoms with van der Waals surface area (Å²) in [5.41, 5.74) is 2.77. The number of carboxylic acid groups (broad SMARTS) is 1. The first kappa shape index (κ1) is 19.0. The van der Waals surface area contributed by atoms with E-state index in [9.17, 15) is 9.59 Å². The molecule has 0 radical (unpaired) electrons. The summed E-state index contributed by atoms with van der Waals surface area (Å²) in [6.45, 7) is 5.79. The molecule has 6 nitrogen and oxygen atoms in total. The van der Waals surface area contributed by atoms with E-state index in [1.165, 1.54) is 4.90 Å². The van der Waals surface area contributed by atoms with Crippen molar-refractivity contribution in [2.24, 2.45) is 5.92 Å². The summed E-state index contributed by atoms with van der Waals surface area (Å²) in [7, 11) is 1.60. The van der Waals surface area contributed by atoms with Gasteiger partial charge in [0.2, 0.25) is 0 Å². The van der Waals surface area contributed by atoms with Gasteiger partial charge >= 0.3 is 5.97 Å². The molecule has 1 amide bonds. The van der Waals surface area contributed by atoms with E-state index in [0.29, 0.717) is 22.8 Å². The van der Waals surface area contributed by atoms with Gasteiger partial charge in [-0.2, -0.15) is 5.10 Å². The number of rotatable bonds is 6. The molecule has 0 bridgehead atoms. The zero-order chi connectivity index (χ0) is 18.7. The second kappa shape index (κ2) is 7.70. The predicted octanol–water partition coefficient (Wildman–Crippen LogP) is 2.99. The van der Waals surface area contributed by atoms with Crippen molar-refractivity contribution in [2.45, 2.75) is 27.3 Å². The Hall–Kier alpha value is -2.34. The highest BCUT2D eigenvalue weighted by Gasteiger charge is 2.24. The van der Waals surface area contributed by atoms with E-state index in [4.69, 9.17) is 16.7 Å². The van der Waals surface area contributed by atoms with Crippen LogP contribution < -0.4 is 0 Å². The topological polar surface area (TPSA) is 75.4 Å². The van der Waals surface area contributed by atoms with Gasteiger partial charge in [-0.3, -0.25) is 14.3 Å². The Morgan fingerprint density at radius 3 is 2.56 bits per heavy atom. The maximum Gasteiger partial charge on any atom is 0.308 e. The summed E-state index contributed by atoms with van der Waals surface area (Å²) in [5.74, 6) is -1.79. The standard InChI is InChI=1S/C18H22ClN3O3/c1-11(18(24)25)9-21(4)17(23)16-12(2)20-22(13(16)3)10-14-7-5-6-8-15(14)19/h5-8,11H,9-10H2,1-4H3,(H,24,25). The van der Waals surface area contributed by atoms with Gasteiger partial charge in [-0.05, 0) is 25.5 Å². The minimum absolute atomic E-state index is 0.142. The highest BCUT2D eigenvalue weighted by Crippen LogP contribution is 2.20. The molecule has 7 heteroatoms. The summed E-state index contributed by atoms with van der Waals surface area (Å²) >= 11 is 6.20. The Kier molecular flexibility index (Phi) is 5.85. The van der Waals surface area contributed by atoms with Crippen LogP contribution in [0.4, 0.5) is 0 Å². The van der Waals surface area contributed by atoms with E-state index in [1.807, 2.05) is 31.2 Å². The monoisotopic (exact) mass is 363 g/mol. The number of carbonyl (C=O) groups is 2. The number of hydrogen-bond donors (Lipinski definition) is 1. The summed E-state index contributed by atoms with van der Waals surface area (Å²) in [4.78, 5) is 25.2. The molecule has 1 aromatic carbocycles. The molecule has 1 unspecified atom stereocenters. The van der Waals surface area contributed by atoms with Gasteiger partial charge < -0.3 is 10.0 Å². The average Bonchev–Trinajstić information content (AvgIpc) is 2.82. The Bertz CT molecular complexity index is 801. The number of aryl methyl sites for hydroxylation is 1. The number of benzene rings is 1. The first-order chi connectivity index (χ1) is 11.7. The van der Waals surface area contributed by atoms with Crippen LogP contribution in [-0.4, -0.2) is 45.3 Å². The van der Waals surface area contributed by atoms with Crippen LogP contribution in [0.1, 0.15) is 34.2 Å². The van der Waals surface area contributed by atoms with Crippen molar-refractivity contribution < 1.29 is 14.7 Å². The summed E-state index contributed by atoms with van der Waals surface area (Å²) in [5, 5.41) is 14.1. The highest BCUT2D eigenvalue weighted by atomic mass is 35.5. The third-order valence-electron chi connectivity index (χ3n) is 4.19. The van der Waals surface area contributed by atoms with Crippen LogP contribution in [0.15, 0.2) is 24.3 Å². The number of amides is 1. The van der Waals surface area contributed by atoms with E-state index in [1.54, 1.807) is 25.6 Å². The Morgan fingerprint density at radius 1 is 1.32 bits per heavy atom. The third-order valence-corrected chi connectivity index (χ3v) is 4.56. The van der Waals surface area contributed by atoms with E-state index in [0.717, 1.165) is 11.3 Å². The van der Waals surface area contributed by atoms with Crippen LogP contribution in [0.5, 0.6) is 0 Å². The largest absolute Gasteiger partial charge is 0.481 e. The lowest BCUT2D eigenvalue weighted by Crippen LogP contribution is -2.34. The van der Waals surface area contributed by atoms with Gasteiger partial charge in [0, 0.05) is 24.3 Å². The fraction of sp³-hybridized carbons (Fsp3) is 0.389. The minimum atomic E-state index is -0.928. The van der Waals surface area contributed by atoms with Gasteiger partial charge in [0.1, 0.15) is 0 Å². The molecule has 0 aliphatic rings. The number of nitrogens with zero attached hydrogens (tertiary/aromatic N) is 3. The van der Waals surface area contributed by atoms with E-state index < -0.39 is 11.9 Å². The van der Waals surface area contributed by atoms with Crippen molar-refractivity contribution in [3.63, 3.8) is 0 Å². The van der Waals surface area contributed by atoms with Crippen LogP contribution in [-0.2, 0) is 11.3 Å². The van der Waals surface area contributed by atoms with Crippen molar-refractivity contribution in [2.75, 3.05) is 13.6 Å². The van der Waals surface area contributed by atoms with Crippen molar-refractivity contribution in [3.8, 4) is 0 Å². The van der Waals surface area contributed by atoms with Gasteiger partial charge in [-0.25, -0.2) is 0 Å². The molecule has 0 aliphatic heterocycles. The minimum Gasteiger partial charge on any atom is -0.481 e. The van der Waals surface area contributed by atoms with Gasteiger partial charge in [-0.1, -0.05) is 36.7 Å². The first-order valence-corrected chi connectivity index (χ1v) is 8.35. The third kappa shape index (κ3) is 4.20. The van der Waals surface area contributed by atoms with Crippen LogP contribution >= 0.6 is 11.6 Å². The fourth-order valence-corrected chi connectivity index (χ4v) is 2.91. The number of aliphatic carboxylic acids is 1. The molecule has 25 heavy (non-hydrogen) atoms. The van der Waals surface area contributed by atoms with Gasteiger partial charge in [0.25, 0.3) is 5.91 Å². The molecular weight excluding hydrogens is 342 g/mol. The smallest absolute Gasteiger partial charge is 0.308 e. The molecule has 2 aromatic rings. The summed E-state index contributed by atoms with van der Waals surface area (Å²) < 4.78 is 1.75. The number of aromatic nitrogens is 2. The van der Waals surface area contributed by atoms with Gasteiger partial charge in [0.05, 0.1) is 23.7 Å². The Labute approximate surface area is 152 Å². The second-order valence-corrected chi connectivity index (χ2v) is 6.63. The Morgan fingerprint density at radius 2 is 1.96 bits per heavy atom. The molecule has 1 atom stereocenters. The second-order valence-electron chi connectivity index (χ2n) is 6.22. The zero-order valence-corrected chi connectivity index (χ0v) is 15.5. The van der Waals surface area contributed by atoms with E-state index in [2.05, 4.69) is 5.10 Å². The molecule has 1 N–H and O–H groups in total. The quantitative estimate of drug-likeness (QED) is 0.856. The van der Waals surface area contributed by atoms with Crippen LogP contribution in [0.2, 0.25) is 5.02 Å². The van der Waals surface area contributed by atoms with Crippen LogP contribution in [0, 0.1) is 19.8 Å². The number of hydrogen-bond acceptors (Lipinski definition) is 3. The normalized spacial score (nSPS) is 12.0. The lowest BCUT2D eigenvalue weighted by Gasteiger charge is -2.19. The maximum atomic E-state index is 12.7. The highest BCUT2D eigenvalue weighted by molar-refractivity contribution is 6.31. The fourth-order valence-electron chi connectivity index (χ4n) is 2.71. The van der Waals surface area contributed by atoms with Crippen LogP contribution in [0.25, 0.3) is 0 Å². The van der Waals surface area contributed by atoms with Crippen molar-refractivity contribution >= 4 is 23.5 Å². The van der Waals surface area contributed by atoms with Crippen molar-refractivity contribution in [1.29, 1.82) is 0 Å². The summed E-state index contributed by atoms with van der Waals surface area (Å²) in [6.07, 6.45) is 0. The summed E-state index contributed by atoms with van der Waals surface area (Å²) in [6, 6.07) is 7.50. The molecule has 1 heterocycles. The SMILES string of the molecule is Cc1nn(Cc2ccccc2Cl)c(C)c1C(=O)N(C)CC(C)C(=O)O. The molecule has 134 valence electrons. The zero-order valence-electron chi connectivity index (χ0n) is 14.8. The number of halogens is 1. The van der Waals surface area contributed by atoms with Gasteiger partial charge in [0.15, 0.2) is 0 Å².